The van der Waals surface area contributed by atoms with Gasteiger partial charge in [-0.15, -0.1) is 0 Å². The Hall–Kier alpha value is -2.82. The van der Waals surface area contributed by atoms with Crippen molar-refractivity contribution in [2.45, 2.75) is 44.9 Å². The Kier molecular flexibility index (Phi) is 7.06. The molecular formula is C23H28N2O3. The number of ether oxygens (including phenoxy) is 1. The monoisotopic (exact) mass is 380 g/mol. The summed E-state index contributed by atoms with van der Waals surface area (Å²) in [7, 11) is 0. The molecule has 0 unspecified atom stereocenters. The number of hydrogen-bond donors (Lipinski definition) is 2. The van der Waals surface area contributed by atoms with Crippen LogP contribution < -0.4 is 10.6 Å². The molecule has 2 amide bonds. The lowest BCUT2D eigenvalue weighted by Crippen LogP contribution is -2.19. The van der Waals surface area contributed by atoms with Crippen LogP contribution in [0.25, 0.3) is 0 Å². The highest BCUT2D eigenvalue weighted by Gasteiger charge is 2.24. The van der Waals surface area contributed by atoms with Gasteiger partial charge in [-0.05, 0) is 74.3 Å². The van der Waals surface area contributed by atoms with Crippen LogP contribution in [0.15, 0.2) is 54.6 Å². The smallest absolute Gasteiger partial charge is 0.323 e. The Morgan fingerprint density at radius 2 is 1.50 bits per heavy atom. The molecule has 1 aliphatic carbocycles. The molecule has 1 aliphatic rings. The van der Waals surface area contributed by atoms with Crippen molar-refractivity contribution >= 4 is 23.4 Å². The minimum atomic E-state index is -0.251. The molecule has 2 N–H and O–H groups in total. The van der Waals surface area contributed by atoms with E-state index in [2.05, 4.69) is 22.8 Å². The molecule has 5 heteroatoms. The number of nitrogens with one attached hydrogen (secondary N) is 2. The first kappa shape index (κ1) is 19.9. The average molecular weight is 380 g/mol. The minimum Gasteiger partial charge on any atom is -0.466 e. The number of urea groups is 1. The van der Waals surface area contributed by atoms with E-state index in [0.29, 0.717) is 24.9 Å². The van der Waals surface area contributed by atoms with Crippen LogP contribution in [-0.2, 0) is 9.53 Å². The zero-order valence-corrected chi connectivity index (χ0v) is 16.3. The van der Waals surface area contributed by atoms with Gasteiger partial charge in [0.05, 0.1) is 6.61 Å². The summed E-state index contributed by atoms with van der Waals surface area (Å²) < 4.78 is 5.06. The second-order valence-corrected chi connectivity index (χ2v) is 7.29. The van der Waals surface area contributed by atoms with Gasteiger partial charge in [-0.25, -0.2) is 4.79 Å². The molecule has 0 aromatic heterocycles. The summed E-state index contributed by atoms with van der Waals surface area (Å²) in [5.74, 6) is 0.888. The zero-order valence-electron chi connectivity index (χ0n) is 16.3. The van der Waals surface area contributed by atoms with Gasteiger partial charge in [-0.2, -0.15) is 0 Å². The number of anilines is 2. The van der Waals surface area contributed by atoms with Crippen LogP contribution >= 0.6 is 0 Å². The third-order valence-electron chi connectivity index (χ3n) is 5.28. The van der Waals surface area contributed by atoms with Crippen LogP contribution in [0.2, 0.25) is 0 Å². The van der Waals surface area contributed by atoms with E-state index in [1.54, 1.807) is 0 Å². The molecule has 5 nitrogen and oxygen atoms in total. The maximum atomic E-state index is 12.1. The number of para-hydroxylation sites is 1. The molecule has 28 heavy (non-hydrogen) atoms. The SMILES string of the molecule is CCOC(=O)C[C@H]1CC[C@H](c2ccc(NC(=O)Nc3ccccc3)cc2)CC1. The summed E-state index contributed by atoms with van der Waals surface area (Å²) in [5.41, 5.74) is 2.83. The maximum Gasteiger partial charge on any atom is 0.323 e. The molecule has 1 saturated carbocycles. The first-order valence-electron chi connectivity index (χ1n) is 10.0. The van der Waals surface area contributed by atoms with Crippen molar-refractivity contribution in [3.05, 3.63) is 60.2 Å². The van der Waals surface area contributed by atoms with E-state index in [1.165, 1.54) is 5.56 Å². The topological polar surface area (TPSA) is 67.4 Å². The van der Waals surface area contributed by atoms with E-state index < -0.39 is 0 Å². The van der Waals surface area contributed by atoms with E-state index in [9.17, 15) is 9.59 Å². The van der Waals surface area contributed by atoms with Crippen LogP contribution in [0.3, 0.4) is 0 Å². The standard InChI is InChI=1S/C23H28N2O3/c1-2-28-22(26)16-17-8-10-18(11-9-17)19-12-14-21(15-13-19)25-23(27)24-20-6-4-3-5-7-20/h3-7,12-15,17-18H,2,8-11,16H2,1H3,(H2,24,25,27)/t17-,18-. The van der Waals surface area contributed by atoms with Crippen molar-refractivity contribution in [2.24, 2.45) is 5.92 Å². The first-order valence-corrected chi connectivity index (χ1v) is 10.0. The average Bonchev–Trinajstić information content (AvgIpc) is 2.70. The quantitative estimate of drug-likeness (QED) is 0.645. The molecular weight excluding hydrogens is 352 g/mol. The van der Waals surface area contributed by atoms with E-state index in [4.69, 9.17) is 4.74 Å². The lowest BCUT2D eigenvalue weighted by Gasteiger charge is -2.28. The molecule has 1 fully saturated rings. The highest BCUT2D eigenvalue weighted by molar-refractivity contribution is 5.99. The van der Waals surface area contributed by atoms with Crippen LogP contribution in [0.1, 0.15) is 50.5 Å². The predicted octanol–water partition coefficient (Wildman–Crippen LogP) is 5.56. The van der Waals surface area contributed by atoms with Gasteiger partial charge in [-0.1, -0.05) is 30.3 Å². The molecule has 3 rings (SSSR count). The molecule has 0 atom stereocenters. The summed E-state index contributed by atoms with van der Waals surface area (Å²) in [4.78, 5) is 23.7. The lowest BCUT2D eigenvalue weighted by atomic mass is 9.77. The van der Waals surface area contributed by atoms with Gasteiger partial charge >= 0.3 is 12.0 Å². The van der Waals surface area contributed by atoms with Crippen molar-refractivity contribution in [1.29, 1.82) is 0 Å². The molecule has 0 spiro atoms. The van der Waals surface area contributed by atoms with Crippen LogP contribution in [0.4, 0.5) is 16.2 Å². The van der Waals surface area contributed by atoms with Gasteiger partial charge in [0.2, 0.25) is 0 Å². The van der Waals surface area contributed by atoms with Gasteiger partial charge < -0.3 is 15.4 Å². The number of carbonyl (C=O) groups is 2. The first-order chi connectivity index (χ1) is 13.6. The van der Waals surface area contributed by atoms with Gasteiger partial charge in [-0.3, -0.25) is 4.79 Å². The second kappa shape index (κ2) is 9.93. The summed E-state index contributed by atoms with van der Waals surface area (Å²) in [6.07, 6.45) is 4.84. The number of hydrogen-bond acceptors (Lipinski definition) is 3. The van der Waals surface area contributed by atoms with E-state index in [-0.39, 0.29) is 12.0 Å². The third kappa shape index (κ3) is 5.84. The highest BCUT2D eigenvalue weighted by atomic mass is 16.5. The number of benzene rings is 2. The molecule has 0 heterocycles. The fraction of sp³-hybridized carbons (Fsp3) is 0.391. The third-order valence-corrected chi connectivity index (χ3v) is 5.28. The van der Waals surface area contributed by atoms with Crippen molar-refractivity contribution in [3.63, 3.8) is 0 Å². The Labute approximate surface area is 166 Å². The fourth-order valence-corrected chi connectivity index (χ4v) is 3.81. The highest BCUT2D eigenvalue weighted by Crippen LogP contribution is 2.37. The fourth-order valence-electron chi connectivity index (χ4n) is 3.81. The van der Waals surface area contributed by atoms with E-state index >= 15 is 0 Å². The summed E-state index contributed by atoms with van der Waals surface area (Å²) >= 11 is 0. The lowest BCUT2D eigenvalue weighted by molar-refractivity contribution is -0.144. The van der Waals surface area contributed by atoms with Crippen molar-refractivity contribution < 1.29 is 14.3 Å². The molecule has 0 bridgehead atoms. The molecule has 0 radical (unpaired) electrons. The largest absolute Gasteiger partial charge is 0.466 e. The summed E-state index contributed by atoms with van der Waals surface area (Å²) in [5, 5.41) is 5.67. The van der Waals surface area contributed by atoms with Gasteiger partial charge in [0.15, 0.2) is 0 Å². The summed E-state index contributed by atoms with van der Waals surface area (Å²) in [6, 6.07) is 17.2. The summed E-state index contributed by atoms with van der Waals surface area (Å²) in [6.45, 7) is 2.30. The number of esters is 1. The minimum absolute atomic E-state index is 0.0739. The normalized spacial score (nSPS) is 18.9. The van der Waals surface area contributed by atoms with Gasteiger partial charge in [0.25, 0.3) is 0 Å². The molecule has 2 aromatic rings. The van der Waals surface area contributed by atoms with Crippen LogP contribution in [-0.4, -0.2) is 18.6 Å². The molecule has 2 aromatic carbocycles. The number of amides is 2. The molecule has 148 valence electrons. The van der Waals surface area contributed by atoms with Gasteiger partial charge in [0, 0.05) is 17.8 Å². The van der Waals surface area contributed by atoms with E-state index in [0.717, 1.165) is 37.1 Å². The zero-order chi connectivity index (χ0) is 19.8. The van der Waals surface area contributed by atoms with Crippen LogP contribution in [0.5, 0.6) is 0 Å². The van der Waals surface area contributed by atoms with Crippen LogP contribution in [0, 0.1) is 5.92 Å². The number of rotatable bonds is 6. The van der Waals surface area contributed by atoms with Gasteiger partial charge in [0.1, 0.15) is 0 Å². The Balaban J connectivity index is 1.47. The van der Waals surface area contributed by atoms with Crippen molar-refractivity contribution in [3.8, 4) is 0 Å². The Morgan fingerprint density at radius 3 is 2.11 bits per heavy atom. The van der Waals surface area contributed by atoms with Crippen molar-refractivity contribution in [1.82, 2.24) is 0 Å². The number of carbonyl (C=O) groups excluding carboxylic acids is 2. The predicted molar refractivity (Wildman–Crippen MR) is 111 cm³/mol. The Morgan fingerprint density at radius 1 is 0.893 bits per heavy atom. The van der Waals surface area contributed by atoms with Crippen molar-refractivity contribution in [2.75, 3.05) is 17.2 Å². The molecule has 0 saturated heterocycles. The maximum absolute atomic E-state index is 12.1. The van der Waals surface area contributed by atoms with E-state index in [1.807, 2.05) is 49.4 Å². The molecule has 0 aliphatic heterocycles. The second-order valence-electron chi connectivity index (χ2n) is 7.29. The Bertz CT molecular complexity index is 766.